The number of likely N-dealkylation sites (tertiary alicyclic amines) is 1. The number of nitrogens with zero attached hydrogens (tertiary/aromatic N) is 2. The van der Waals surface area contributed by atoms with E-state index in [1.807, 2.05) is 30.0 Å². The van der Waals surface area contributed by atoms with Gasteiger partial charge in [-0.15, -0.1) is 0 Å². The maximum atomic E-state index is 12.5. The third-order valence-electron chi connectivity index (χ3n) is 3.99. The van der Waals surface area contributed by atoms with Crippen LogP contribution in [0.4, 0.5) is 0 Å². The van der Waals surface area contributed by atoms with Gasteiger partial charge in [-0.05, 0) is 37.5 Å². The van der Waals surface area contributed by atoms with Crippen LogP contribution < -0.4 is 0 Å². The van der Waals surface area contributed by atoms with E-state index in [1.54, 1.807) is 19.0 Å². The summed E-state index contributed by atoms with van der Waals surface area (Å²) in [6.45, 7) is 3.29. The van der Waals surface area contributed by atoms with Crippen molar-refractivity contribution < 1.29 is 9.59 Å². The third kappa shape index (κ3) is 3.64. The minimum atomic E-state index is 0.0476. The molecule has 0 spiro atoms. The Morgan fingerprint density at radius 1 is 1.24 bits per heavy atom. The highest BCUT2D eigenvalue weighted by Gasteiger charge is 2.28. The largest absolute Gasteiger partial charge is 0.349 e. The molecular weight excluding hydrogens is 332 g/mol. The normalized spacial score (nSPS) is 15.9. The second kappa shape index (κ2) is 6.60. The maximum Gasteiger partial charge on any atom is 0.253 e. The summed E-state index contributed by atoms with van der Waals surface area (Å²) in [5.74, 6) is 0.264. The molecule has 1 saturated heterocycles. The van der Waals surface area contributed by atoms with E-state index in [4.69, 9.17) is 0 Å². The van der Waals surface area contributed by atoms with Crippen LogP contribution >= 0.6 is 15.9 Å². The van der Waals surface area contributed by atoms with E-state index in [9.17, 15) is 9.59 Å². The van der Waals surface area contributed by atoms with Crippen molar-refractivity contribution in [3.05, 3.63) is 33.8 Å². The quantitative estimate of drug-likeness (QED) is 0.820. The molecule has 4 nitrogen and oxygen atoms in total. The molecule has 0 bridgehead atoms. The van der Waals surface area contributed by atoms with Crippen LogP contribution in [0, 0.1) is 12.8 Å². The van der Waals surface area contributed by atoms with E-state index in [1.165, 1.54) is 0 Å². The number of aryl methyl sites for hydroxylation is 1. The van der Waals surface area contributed by atoms with Crippen molar-refractivity contribution in [2.24, 2.45) is 5.92 Å². The zero-order valence-corrected chi connectivity index (χ0v) is 14.3. The number of halogens is 1. The van der Waals surface area contributed by atoms with E-state index in [2.05, 4.69) is 15.9 Å². The summed E-state index contributed by atoms with van der Waals surface area (Å²) in [5, 5.41) is 0. The van der Waals surface area contributed by atoms with Crippen LogP contribution in [-0.2, 0) is 4.79 Å². The molecule has 21 heavy (non-hydrogen) atoms. The number of amides is 2. The van der Waals surface area contributed by atoms with Crippen LogP contribution in [0.15, 0.2) is 22.7 Å². The van der Waals surface area contributed by atoms with Crippen LogP contribution in [0.25, 0.3) is 0 Å². The molecule has 0 aliphatic carbocycles. The second-order valence-electron chi connectivity index (χ2n) is 5.76. The average Bonchev–Trinajstić information content (AvgIpc) is 2.48. The van der Waals surface area contributed by atoms with Crippen LogP contribution in [0.3, 0.4) is 0 Å². The zero-order chi connectivity index (χ0) is 15.6. The minimum Gasteiger partial charge on any atom is -0.349 e. The van der Waals surface area contributed by atoms with E-state index >= 15 is 0 Å². The van der Waals surface area contributed by atoms with Gasteiger partial charge in [0.05, 0.1) is 0 Å². The first-order valence-corrected chi connectivity index (χ1v) is 7.96. The van der Waals surface area contributed by atoms with E-state index < -0.39 is 0 Å². The highest BCUT2D eigenvalue weighted by molar-refractivity contribution is 9.10. The molecule has 0 saturated carbocycles. The summed E-state index contributed by atoms with van der Waals surface area (Å²) in [5.41, 5.74) is 1.81. The Morgan fingerprint density at radius 3 is 2.38 bits per heavy atom. The highest BCUT2D eigenvalue weighted by Crippen LogP contribution is 2.23. The molecule has 1 heterocycles. The number of benzene rings is 1. The van der Waals surface area contributed by atoms with E-state index in [-0.39, 0.29) is 17.7 Å². The Labute approximate surface area is 134 Å². The van der Waals surface area contributed by atoms with Crippen molar-refractivity contribution in [3.63, 3.8) is 0 Å². The van der Waals surface area contributed by atoms with Crippen LogP contribution in [0.5, 0.6) is 0 Å². The van der Waals surface area contributed by atoms with E-state index in [0.29, 0.717) is 18.7 Å². The van der Waals surface area contributed by atoms with Gasteiger partial charge >= 0.3 is 0 Å². The van der Waals surface area contributed by atoms with Gasteiger partial charge in [0, 0.05) is 43.1 Å². The van der Waals surface area contributed by atoms with Crippen molar-refractivity contribution in [2.45, 2.75) is 19.8 Å². The number of hydrogen-bond donors (Lipinski definition) is 0. The second-order valence-corrected chi connectivity index (χ2v) is 6.62. The Morgan fingerprint density at radius 2 is 1.86 bits per heavy atom. The van der Waals surface area contributed by atoms with Gasteiger partial charge in [-0.2, -0.15) is 0 Å². The molecule has 0 N–H and O–H groups in total. The highest BCUT2D eigenvalue weighted by atomic mass is 79.9. The lowest BCUT2D eigenvalue weighted by molar-refractivity contribution is -0.134. The van der Waals surface area contributed by atoms with Crippen molar-refractivity contribution in [1.29, 1.82) is 0 Å². The summed E-state index contributed by atoms with van der Waals surface area (Å²) in [6, 6.07) is 5.67. The summed E-state index contributed by atoms with van der Waals surface area (Å²) in [7, 11) is 3.56. The average molecular weight is 353 g/mol. The SMILES string of the molecule is Cc1ccc(C(=O)N2CCC(C(=O)N(C)C)CC2)cc1Br. The molecule has 2 amide bonds. The van der Waals surface area contributed by atoms with Crippen molar-refractivity contribution >= 4 is 27.7 Å². The predicted octanol–water partition coefficient (Wildman–Crippen LogP) is 2.70. The standard InChI is InChI=1S/C16H21BrN2O2/c1-11-4-5-13(10-14(11)17)16(21)19-8-6-12(7-9-19)15(20)18(2)3/h4-5,10,12H,6-9H2,1-3H3. The van der Waals surface area contributed by atoms with Gasteiger partial charge in [-0.1, -0.05) is 22.0 Å². The number of piperidine rings is 1. The number of rotatable bonds is 2. The first kappa shape index (κ1) is 16.0. The first-order valence-electron chi connectivity index (χ1n) is 7.16. The summed E-state index contributed by atoms with van der Waals surface area (Å²) >= 11 is 3.46. The monoisotopic (exact) mass is 352 g/mol. The molecule has 0 atom stereocenters. The first-order chi connectivity index (χ1) is 9.90. The number of carbonyl (C=O) groups is 2. The minimum absolute atomic E-state index is 0.0476. The summed E-state index contributed by atoms with van der Waals surface area (Å²) in [6.07, 6.45) is 1.49. The molecule has 0 aromatic heterocycles. The molecule has 1 aromatic carbocycles. The molecule has 2 rings (SSSR count). The van der Waals surface area contributed by atoms with Crippen molar-refractivity contribution in [3.8, 4) is 0 Å². The van der Waals surface area contributed by atoms with Crippen LogP contribution in [-0.4, -0.2) is 48.8 Å². The Kier molecular flexibility index (Phi) is 5.04. The Bertz CT molecular complexity index is 549. The summed E-state index contributed by atoms with van der Waals surface area (Å²) < 4.78 is 0.950. The van der Waals surface area contributed by atoms with Gasteiger partial charge in [0.2, 0.25) is 5.91 Å². The lowest BCUT2D eigenvalue weighted by Gasteiger charge is -2.32. The van der Waals surface area contributed by atoms with E-state index in [0.717, 1.165) is 22.9 Å². The topological polar surface area (TPSA) is 40.6 Å². The van der Waals surface area contributed by atoms with Gasteiger partial charge in [0.1, 0.15) is 0 Å². The Balaban J connectivity index is 2.00. The smallest absolute Gasteiger partial charge is 0.253 e. The molecule has 0 radical (unpaired) electrons. The maximum absolute atomic E-state index is 12.5. The summed E-state index contributed by atoms with van der Waals surface area (Å²) in [4.78, 5) is 27.9. The zero-order valence-electron chi connectivity index (χ0n) is 12.7. The fourth-order valence-electron chi connectivity index (χ4n) is 2.60. The third-order valence-corrected chi connectivity index (χ3v) is 4.85. The van der Waals surface area contributed by atoms with Crippen LogP contribution in [0.2, 0.25) is 0 Å². The predicted molar refractivity (Wildman–Crippen MR) is 86.2 cm³/mol. The van der Waals surface area contributed by atoms with Gasteiger partial charge in [0.15, 0.2) is 0 Å². The molecule has 1 fully saturated rings. The molecule has 1 aliphatic rings. The molecule has 114 valence electrons. The van der Waals surface area contributed by atoms with Crippen molar-refractivity contribution in [2.75, 3.05) is 27.2 Å². The van der Waals surface area contributed by atoms with Crippen LogP contribution in [0.1, 0.15) is 28.8 Å². The van der Waals surface area contributed by atoms with Crippen molar-refractivity contribution in [1.82, 2.24) is 9.80 Å². The molecule has 1 aliphatic heterocycles. The fraction of sp³-hybridized carbons (Fsp3) is 0.500. The number of hydrogen-bond acceptors (Lipinski definition) is 2. The Hall–Kier alpha value is -1.36. The number of carbonyl (C=O) groups excluding carboxylic acids is 2. The van der Waals surface area contributed by atoms with Gasteiger partial charge in [0.25, 0.3) is 5.91 Å². The fourth-order valence-corrected chi connectivity index (χ4v) is 2.98. The molecule has 1 aromatic rings. The molecule has 5 heteroatoms. The van der Waals surface area contributed by atoms with Gasteiger partial charge < -0.3 is 9.80 Å². The van der Waals surface area contributed by atoms with Gasteiger partial charge in [-0.25, -0.2) is 0 Å². The lowest BCUT2D eigenvalue weighted by Crippen LogP contribution is -2.42. The lowest BCUT2D eigenvalue weighted by atomic mass is 9.95. The van der Waals surface area contributed by atoms with Gasteiger partial charge in [-0.3, -0.25) is 9.59 Å². The molecular formula is C16H21BrN2O2. The molecule has 0 unspecified atom stereocenters.